The molecule has 0 bridgehead atoms. The molecular weight excluding hydrogens is 643 g/mol. The maximum Gasteiger partial charge on any atom is 0.213 e. The van der Waals surface area contributed by atoms with Crippen LogP contribution in [0.2, 0.25) is 0 Å². The highest BCUT2D eigenvalue weighted by Crippen LogP contribution is 2.58. The molecule has 4 nitrogen and oxygen atoms in total. The van der Waals surface area contributed by atoms with Crippen molar-refractivity contribution in [2.24, 2.45) is 0 Å². The first-order chi connectivity index (χ1) is 25.3. The van der Waals surface area contributed by atoms with Crippen LogP contribution in [0.15, 0.2) is 168 Å². The highest BCUT2D eigenvalue weighted by molar-refractivity contribution is 7.25. The summed E-state index contributed by atoms with van der Waals surface area (Å²) in [6, 6.07) is 59.8. The van der Waals surface area contributed by atoms with Crippen LogP contribution < -0.4 is 9.80 Å². The maximum absolute atomic E-state index is 6.63. The van der Waals surface area contributed by atoms with Gasteiger partial charge in [0.1, 0.15) is 11.7 Å². The van der Waals surface area contributed by atoms with Crippen LogP contribution in [0.1, 0.15) is 17.0 Å². The molecular formula is C46H29N3OS. The summed E-state index contributed by atoms with van der Waals surface area (Å²) in [5, 5.41) is 6.12. The minimum atomic E-state index is 0.0249. The number of rotatable bonds is 3. The van der Waals surface area contributed by atoms with Crippen molar-refractivity contribution in [2.75, 3.05) is 9.80 Å². The number of aromatic nitrogens is 1. The fourth-order valence-corrected chi connectivity index (χ4v) is 10.2. The molecule has 10 aromatic rings. The van der Waals surface area contributed by atoms with E-state index in [1.54, 1.807) is 0 Å². The van der Waals surface area contributed by atoms with Gasteiger partial charge in [0.25, 0.3) is 0 Å². The van der Waals surface area contributed by atoms with Crippen LogP contribution in [-0.4, -0.2) is 10.7 Å². The summed E-state index contributed by atoms with van der Waals surface area (Å²) < 4.78 is 11.5. The highest BCUT2D eigenvalue weighted by atomic mass is 32.1. The molecule has 5 heterocycles. The minimum absolute atomic E-state index is 0.0249. The number of thiophene rings is 1. The monoisotopic (exact) mass is 671 g/mol. The zero-order valence-corrected chi connectivity index (χ0v) is 28.2. The number of anilines is 4. The SMILES string of the molecule is c1ccc(-n2c3ccc(N4c5ccccc5[C@H]5c6ccccc6N(c6ccc7c(c6)sc6ccccc67)C54)cc3c3c4ccccc4oc32)cc1. The molecule has 0 radical (unpaired) electrons. The molecule has 0 fully saturated rings. The molecule has 12 rings (SSSR count). The van der Waals surface area contributed by atoms with Gasteiger partial charge in [-0.2, -0.15) is 0 Å². The first-order valence-corrected chi connectivity index (χ1v) is 18.3. The van der Waals surface area contributed by atoms with E-state index >= 15 is 0 Å². The summed E-state index contributed by atoms with van der Waals surface area (Å²) in [5.74, 6) is 0.190. The van der Waals surface area contributed by atoms with Gasteiger partial charge in [-0.05, 0) is 77.9 Å². The van der Waals surface area contributed by atoms with Gasteiger partial charge in [-0.3, -0.25) is 4.57 Å². The molecule has 0 saturated carbocycles. The molecule has 0 aliphatic carbocycles. The van der Waals surface area contributed by atoms with Gasteiger partial charge in [-0.25, -0.2) is 0 Å². The van der Waals surface area contributed by atoms with Gasteiger partial charge in [-0.1, -0.05) is 97.1 Å². The van der Waals surface area contributed by atoms with Gasteiger partial charge >= 0.3 is 0 Å². The quantitative estimate of drug-likeness (QED) is 0.187. The van der Waals surface area contributed by atoms with Crippen molar-refractivity contribution in [2.45, 2.75) is 12.1 Å². The zero-order valence-electron chi connectivity index (χ0n) is 27.4. The van der Waals surface area contributed by atoms with Crippen molar-refractivity contribution in [3.05, 3.63) is 175 Å². The third kappa shape index (κ3) is 3.68. The van der Waals surface area contributed by atoms with E-state index in [0.717, 1.165) is 33.3 Å². The Bertz CT molecular complexity index is 3020. The van der Waals surface area contributed by atoms with E-state index in [1.807, 2.05) is 11.3 Å². The normalized spacial score (nSPS) is 16.5. The van der Waals surface area contributed by atoms with E-state index in [0.29, 0.717) is 0 Å². The molecule has 2 atom stereocenters. The molecule has 5 heteroatoms. The predicted molar refractivity (Wildman–Crippen MR) is 213 cm³/mol. The van der Waals surface area contributed by atoms with Crippen molar-refractivity contribution in [3.8, 4) is 5.69 Å². The van der Waals surface area contributed by atoms with E-state index in [4.69, 9.17) is 4.42 Å². The lowest BCUT2D eigenvalue weighted by Crippen LogP contribution is -2.40. The second kappa shape index (κ2) is 10.1. The van der Waals surface area contributed by atoms with Crippen LogP contribution in [0.25, 0.3) is 58.8 Å². The summed E-state index contributed by atoms with van der Waals surface area (Å²) in [4.78, 5) is 5.18. The molecule has 1 unspecified atom stereocenters. The fourth-order valence-electron chi connectivity index (χ4n) is 9.04. The van der Waals surface area contributed by atoms with E-state index in [-0.39, 0.29) is 12.1 Å². The molecule has 51 heavy (non-hydrogen) atoms. The van der Waals surface area contributed by atoms with E-state index in [1.165, 1.54) is 59.4 Å². The topological polar surface area (TPSA) is 24.6 Å². The number of benzene rings is 7. The molecule has 0 amide bonds. The summed E-state index contributed by atoms with van der Waals surface area (Å²) in [6.45, 7) is 0. The van der Waals surface area contributed by atoms with E-state index < -0.39 is 0 Å². The molecule has 7 aromatic carbocycles. The van der Waals surface area contributed by atoms with Crippen LogP contribution in [0.4, 0.5) is 22.7 Å². The Hall–Kier alpha value is -6.30. The van der Waals surface area contributed by atoms with Crippen LogP contribution >= 0.6 is 11.3 Å². The molecule has 0 spiro atoms. The molecule has 240 valence electrons. The lowest BCUT2D eigenvalue weighted by atomic mass is 9.93. The second-order valence-corrected chi connectivity index (χ2v) is 14.8. The Morgan fingerprint density at radius 2 is 1.10 bits per heavy atom. The van der Waals surface area contributed by atoms with Gasteiger partial charge < -0.3 is 14.2 Å². The molecule has 3 aromatic heterocycles. The fraction of sp³-hybridized carbons (Fsp3) is 0.0435. The van der Waals surface area contributed by atoms with Gasteiger partial charge in [0.15, 0.2) is 0 Å². The van der Waals surface area contributed by atoms with E-state index in [9.17, 15) is 0 Å². The predicted octanol–water partition coefficient (Wildman–Crippen LogP) is 12.7. The van der Waals surface area contributed by atoms with Crippen molar-refractivity contribution >= 4 is 87.2 Å². The van der Waals surface area contributed by atoms with Crippen LogP contribution in [0.5, 0.6) is 0 Å². The number of fused-ring (bicyclic) bond motifs is 13. The van der Waals surface area contributed by atoms with Crippen molar-refractivity contribution in [1.82, 2.24) is 4.57 Å². The summed E-state index contributed by atoms with van der Waals surface area (Å²) >= 11 is 1.88. The molecule has 0 N–H and O–H groups in total. The Kier molecular flexibility index (Phi) is 5.46. The smallest absolute Gasteiger partial charge is 0.213 e. The largest absolute Gasteiger partial charge is 0.439 e. The van der Waals surface area contributed by atoms with Crippen molar-refractivity contribution in [1.29, 1.82) is 0 Å². The average Bonchev–Trinajstić information content (AvgIpc) is 3.97. The third-order valence-electron chi connectivity index (χ3n) is 11.1. The van der Waals surface area contributed by atoms with Crippen molar-refractivity contribution in [3.63, 3.8) is 0 Å². The Morgan fingerprint density at radius 1 is 0.471 bits per heavy atom. The van der Waals surface area contributed by atoms with Crippen molar-refractivity contribution < 1.29 is 4.42 Å². The number of furan rings is 1. The number of para-hydroxylation sites is 4. The van der Waals surface area contributed by atoms with Gasteiger partial charge in [0.05, 0.1) is 16.8 Å². The standard InChI is InChI=1S/C46H29N3OS/c1-2-12-28(13-3-1)49-39-25-23-29(26-36(39)44-35-17-6-10-20-40(35)50-46(44)49)47-37-18-8-4-15-33(37)43-34-16-5-9-19-38(34)48(45(43)47)30-22-24-32-31-14-7-11-21-41(31)51-42(32)27-30/h1-27,43,45H/t43-,45?/m0/s1. The van der Waals surface area contributed by atoms with E-state index in [2.05, 4.69) is 178 Å². The molecule has 0 saturated heterocycles. The Labute approximate surface area is 297 Å². The highest BCUT2D eigenvalue weighted by Gasteiger charge is 2.50. The van der Waals surface area contributed by atoms with Crippen LogP contribution in [0.3, 0.4) is 0 Å². The Balaban J connectivity index is 1.11. The average molecular weight is 672 g/mol. The first-order valence-electron chi connectivity index (χ1n) is 17.5. The van der Waals surface area contributed by atoms with Gasteiger partial charge in [0.2, 0.25) is 5.71 Å². The third-order valence-corrected chi connectivity index (χ3v) is 12.2. The maximum atomic E-state index is 6.63. The van der Waals surface area contributed by atoms with Crippen LogP contribution in [0, 0.1) is 0 Å². The number of nitrogens with zero attached hydrogens (tertiary/aromatic N) is 3. The lowest BCUT2D eigenvalue weighted by Gasteiger charge is -2.36. The second-order valence-electron chi connectivity index (χ2n) is 13.7. The number of hydrogen-bond acceptors (Lipinski definition) is 4. The minimum Gasteiger partial charge on any atom is -0.439 e. The first kappa shape index (κ1) is 27.5. The molecule has 2 aliphatic heterocycles. The van der Waals surface area contributed by atoms with Gasteiger partial charge in [-0.15, -0.1) is 11.3 Å². The lowest BCUT2D eigenvalue weighted by molar-refractivity contribution is 0.645. The summed E-state index contributed by atoms with van der Waals surface area (Å²) in [5.41, 5.74) is 11.6. The zero-order chi connectivity index (χ0) is 33.2. The molecule has 2 aliphatic rings. The Morgan fingerprint density at radius 3 is 1.90 bits per heavy atom. The summed E-state index contributed by atoms with van der Waals surface area (Å²) in [6.07, 6.45) is 0.0249. The van der Waals surface area contributed by atoms with Crippen LogP contribution in [-0.2, 0) is 0 Å². The summed E-state index contributed by atoms with van der Waals surface area (Å²) in [7, 11) is 0. The number of hydrogen-bond donors (Lipinski definition) is 0. The van der Waals surface area contributed by atoms with Gasteiger partial charge in [0, 0.05) is 59.4 Å².